The molecule has 0 aliphatic carbocycles. The molecule has 1 saturated heterocycles. The van der Waals surface area contributed by atoms with Gasteiger partial charge in [-0.3, -0.25) is 4.79 Å². The average molecular weight is 479 g/mol. The van der Waals surface area contributed by atoms with Crippen molar-refractivity contribution < 1.29 is 18.7 Å². The van der Waals surface area contributed by atoms with Crippen molar-refractivity contribution in [1.82, 2.24) is 14.9 Å². The van der Waals surface area contributed by atoms with Crippen LogP contribution in [-0.4, -0.2) is 61.2 Å². The minimum atomic E-state index is -0.254. The van der Waals surface area contributed by atoms with Crippen LogP contribution in [0.2, 0.25) is 0 Å². The number of carbonyl (C=O) groups excluding carboxylic acids is 1. The summed E-state index contributed by atoms with van der Waals surface area (Å²) in [6.07, 6.45) is 1.31. The molecule has 35 heavy (non-hydrogen) atoms. The second-order valence-corrected chi connectivity index (χ2v) is 8.53. The Bertz CT molecular complexity index is 1210. The number of aryl methyl sites for hydroxylation is 2. The number of carbonyl (C=O) groups is 1. The van der Waals surface area contributed by atoms with Crippen molar-refractivity contribution in [3.8, 4) is 11.5 Å². The zero-order valence-corrected chi connectivity index (χ0v) is 20.7. The third kappa shape index (κ3) is 5.37. The lowest BCUT2D eigenvalue weighted by Gasteiger charge is -2.36. The highest BCUT2D eigenvalue weighted by atomic mass is 19.1. The molecule has 1 amide bonds. The van der Waals surface area contributed by atoms with Gasteiger partial charge in [-0.15, -0.1) is 0 Å². The van der Waals surface area contributed by atoms with Gasteiger partial charge in [-0.25, -0.2) is 14.4 Å². The molecule has 0 radical (unpaired) electrons. The summed E-state index contributed by atoms with van der Waals surface area (Å²) in [7, 11) is 3.13. The molecule has 2 heterocycles. The monoisotopic (exact) mass is 478 g/mol. The van der Waals surface area contributed by atoms with Gasteiger partial charge in [0.1, 0.15) is 29.0 Å². The summed E-state index contributed by atoms with van der Waals surface area (Å²) in [5, 5.41) is 0. The quantitative estimate of drug-likeness (QED) is 0.510. The highest BCUT2D eigenvalue weighted by molar-refractivity contribution is 5.97. The maximum Gasteiger partial charge on any atom is 0.257 e. The number of methoxy groups -OCH3 is 2. The van der Waals surface area contributed by atoms with Crippen LogP contribution in [0.15, 0.2) is 42.5 Å². The zero-order chi connectivity index (χ0) is 24.9. The standard InChI is InChI=1S/C27H31FN4O3/c1-5-24-23(16-19-7-6-8-20(28)15-19)26(30-18(2)29-24)31-11-13-32(14-12-31)27(33)22-10-9-21(34-3)17-25(22)35-4/h6-10,15,17H,5,11-14,16H2,1-4H3. The molecule has 8 heteroatoms. The van der Waals surface area contributed by atoms with E-state index in [9.17, 15) is 9.18 Å². The molecular weight excluding hydrogens is 447 g/mol. The van der Waals surface area contributed by atoms with E-state index in [-0.39, 0.29) is 11.7 Å². The predicted molar refractivity (Wildman–Crippen MR) is 133 cm³/mol. The first kappa shape index (κ1) is 24.4. The van der Waals surface area contributed by atoms with Gasteiger partial charge in [0, 0.05) is 49.9 Å². The number of aromatic nitrogens is 2. The number of amides is 1. The van der Waals surface area contributed by atoms with Gasteiger partial charge in [0.2, 0.25) is 0 Å². The largest absolute Gasteiger partial charge is 0.497 e. The summed E-state index contributed by atoms with van der Waals surface area (Å²) in [6, 6.07) is 11.9. The molecule has 0 bridgehead atoms. The predicted octanol–water partition coefficient (Wildman–Crippen LogP) is 4.06. The summed E-state index contributed by atoms with van der Waals surface area (Å²) in [6.45, 7) is 6.35. The minimum absolute atomic E-state index is 0.0720. The van der Waals surface area contributed by atoms with Gasteiger partial charge >= 0.3 is 0 Å². The Hall–Kier alpha value is -3.68. The number of nitrogens with zero attached hydrogens (tertiary/aromatic N) is 4. The van der Waals surface area contributed by atoms with E-state index in [2.05, 4.69) is 16.8 Å². The van der Waals surface area contributed by atoms with Crippen LogP contribution >= 0.6 is 0 Å². The molecular formula is C27H31FN4O3. The highest BCUT2D eigenvalue weighted by Crippen LogP contribution is 2.28. The number of hydrogen-bond donors (Lipinski definition) is 0. The number of benzene rings is 2. The average Bonchev–Trinajstić information content (AvgIpc) is 2.88. The fourth-order valence-electron chi connectivity index (χ4n) is 4.49. The van der Waals surface area contributed by atoms with Gasteiger partial charge in [0.25, 0.3) is 5.91 Å². The molecule has 0 N–H and O–H groups in total. The number of hydrogen-bond acceptors (Lipinski definition) is 6. The molecule has 1 fully saturated rings. The van der Waals surface area contributed by atoms with Crippen molar-refractivity contribution in [3.05, 3.63) is 76.5 Å². The van der Waals surface area contributed by atoms with Crippen molar-refractivity contribution in [2.24, 2.45) is 0 Å². The topological polar surface area (TPSA) is 67.8 Å². The normalized spacial score (nSPS) is 13.6. The summed E-state index contributed by atoms with van der Waals surface area (Å²) < 4.78 is 24.5. The van der Waals surface area contributed by atoms with Crippen molar-refractivity contribution in [2.45, 2.75) is 26.7 Å². The van der Waals surface area contributed by atoms with Gasteiger partial charge in [0.15, 0.2) is 0 Å². The van der Waals surface area contributed by atoms with E-state index in [1.165, 1.54) is 6.07 Å². The Morgan fingerprint density at radius 1 is 1.03 bits per heavy atom. The molecule has 2 aromatic carbocycles. The van der Waals surface area contributed by atoms with E-state index >= 15 is 0 Å². The molecule has 1 aromatic heterocycles. The Balaban J connectivity index is 1.55. The summed E-state index contributed by atoms with van der Waals surface area (Å²) in [4.78, 5) is 26.7. The molecule has 0 unspecified atom stereocenters. The van der Waals surface area contributed by atoms with E-state index in [4.69, 9.17) is 14.5 Å². The molecule has 0 atom stereocenters. The van der Waals surface area contributed by atoms with Crippen molar-refractivity contribution in [2.75, 3.05) is 45.3 Å². The summed E-state index contributed by atoms with van der Waals surface area (Å²) in [5.74, 6) is 2.38. The van der Waals surface area contributed by atoms with Gasteiger partial charge in [-0.1, -0.05) is 19.1 Å². The fraction of sp³-hybridized carbons (Fsp3) is 0.370. The Labute approximate surface area is 205 Å². The number of anilines is 1. The molecule has 184 valence electrons. The van der Waals surface area contributed by atoms with Crippen LogP contribution in [0.5, 0.6) is 11.5 Å². The van der Waals surface area contributed by atoms with E-state index in [1.807, 2.05) is 17.9 Å². The number of halogens is 1. The van der Waals surface area contributed by atoms with E-state index < -0.39 is 0 Å². The van der Waals surface area contributed by atoms with Crippen LogP contribution in [0.1, 0.15) is 39.9 Å². The SMILES string of the molecule is CCc1nc(C)nc(N2CCN(C(=O)c3ccc(OC)cc3OC)CC2)c1Cc1cccc(F)c1. The van der Waals surface area contributed by atoms with Crippen LogP contribution in [-0.2, 0) is 12.8 Å². The van der Waals surface area contributed by atoms with Crippen molar-refractivity contribution in [1.29, 1.82) is 0 Å². The summed E-state index contributed by atoms with van der Waals surface area (Å²) in [5.41, 5.74) is 3.38. The van der Waals surface area contributed by atoms with Gasteiger partial charge in [-0.05, 0) is 43.2 Å². The van der Waals surface area contributed by atoms with Gasteiger partial charge < -0.3 is 19.3 Å². The molecule has 0 saturated carbocycles. The van der Waals surface area contributed by atoms with Gasteiger partial charge in [0.05, 0.1) is 19.8 Å². The number of rotatable bonds is 7. The fourth-order valence-corrected chi connectivity index (χ4v) is 4.49. The maximum absolute atomic E-state index is 13.8. The van der Waals surface area contributed by atoms with Crippen LogP contribution in [0, 0.1) is 12.7 Å². The number of ether oxygens (including phenoxy) is 2. The Morgan fingerprint density at radius 3 is 2.46 bits per heavy atom. The van der Waals surface area contributed by atoms with E-state index in [0.717, 1.165) is 29.1 Å². The van der Waals surface area contributed by atoms with Crippen molar-refractivity contribution in [3.63, 3.8) is 0 Å². The zero-order valence-electron chi connectivity index (χ0n) is 20.7. The lowest BCUT2D eigenvalue weighted by molar-refractivity contribution is 0.0743. The number of piperazine rings is 1. The molecule has 4 rings (SSSR count). The third-order valence-corrected chi connectivity index (χ3v) is 6.29. The first-order chi connectivity index (χ1) is 16.9. The molecule has 7 nitrogen and oxygen atoms in total. The Kier molecular flexibility index (Phi) is 7.48. The molecule has 1 aliphatic rings. The van der Waals surface area contributed by atoms with Crippen molar-refractivity contribution >= 4 is 11.7 Å². The molecule has 1 aliphatic heterocycles. The second-order valence-electron chi connectivity index (χ2n) is 8.53. The Morgan fingerprint density at radius 2 is 1.80 bits per heavy atom. The molecule has 0 spiro atoms. The smallest absolute Gasteiger partial charge is 0.257 e. The summed E-state index contributed by atoms with van der Waals surface area (Å²) >= 11 is 0. The van der Waals surface area contributed by atoms with Crippen LogP contribution < -0.4 is 14.4 Å². The van der Waals surface area contributed by atoms with Gasteiger partial charge in [-0.2, -0.15) is 0 Å². The lowest BCUT2D eigenvalue weighted by Crippen LogP contribution is -2.49. The van der Waals surface area contributed by atoms with E-state index in [0.29, 0.717) is 55.5 Å². The molecule has 3 aromatic rings. The first-order valence-corrected chi connectivity index (χ1v) is 11.8. The van der Waals surface area contributed by atoms with Crippen LogP contribution in [0.25, 0.3) is 0 Å². The third-order valence-electron chi connectivity index (χ3n) is 6.29. The second kappa shape index (κ2) is 10.7. The minimum Gasteiger partial charge on any atom is -0.497 e. The van der Waals surface area contributed by atoms with Crippen LogP contribution in [0.3, 0.4) is 0 Å². The van der Waals surface area contributed by atoms with E-state index in [1.54, 1.807) is 44.6 Å². The maximum atomic E-state index is 13.8. The lowest BCUT2D eigenvalue weighted by atomic mass is 10.0. The highest BCUT2D eigenvalue weighted by Gasteiger charge is 2.27. The van der Waals surface area contributed by atoms with Crippen LogP contribution in [0.4, 0.5) is 10.2 Å². The first-order valence-electron chi connectivity index (χ1n) is 11.8.